The third kappa shape index (κ3) is 3.93. The number of fused-ring (bicyclic) bond motifs is 17. The highest BCUT2D eigenvalue weighted by molar-refractivity contribution is 6.08. The number of H-pyrrole nitrogens is 2. The van der Waals surface area contributed by atoms with Crippen LogP contribution in [0.15, 0.2) is 103 Å². The van der Waals surface area contributed by atoms with Crippen LogP contribution in [0.4, 0.5) is 0 Å². The molecule has 7 nitrogen and oxygen atoms in total. The van der Waals surface area contributed by atoms with Crippen LogP contribution < -0.4 is 0 Å². The quantitative estimate of drug-likeness (QED) is 0.143. The first kappa shape index (κ1) is 25.5. The first-order valence-corrected chi connectivity index (χ1v) is 14.2. The number of carboxylic acids is 1. The molecule has 0 saturated heterocycles. The van der Waals surface area contributed by atoms with Crippen molar-refractivity contribution in [1.29, 1.82) is 5.26 Å². The predicted molar refractivity (Wildman–Crippen MR) is 173 cm³/mol. The lowest BCUT2D eigenvalue weighted by Gasteiger charge is -1.98. The SMILES string of the molecule is Cc1c(/C=C(\C#N)C(=O)O)c2cc3nc(cc4[nH]c(cc5nc(cc1[nH]2)-c1ccccc1-5)c1ccccc41)-c1ccccc1-3. The van der Waals surface area contributed by atoms with Gasteiger partial charge in [-0.1, -0.05) is 72.8 Å². The van der Waals surface area contributed by atoms with Crippen LogP contribution in [0.1, 0.15) is 11.1 Å². The number of carbonyl (C=O) groups is 1. The van der Waals surface area contributed by atoms with E-state index in [9.17, 15) is 15.2 Å². The Morgan fingerprint density at radius 2 is 1.09 bits per heavy atom. The Hall–Kier alpha value is -6.26. The summed E-state index contributed by atoms with van der Waals surface area (Å²) < 4.78 is 0. The van der Waals surface area contributed by atoms with E-state index in [-0.39, 0.29) is 5.57 Å². The van der Waals surface area contributed by atoms with Crippen molar-refractivity contribution in [1.82, 2.24) is 19.9 Å². The maximum Gasteiger partial charge on any atom is 0.346 e. The summed E-state index contributed by atoms with van der Waals surface area (Å²) in [7, 11) is 0. The number of benzene rings is 3. The highest BCUT2D eigenvalue weighted by atomic mass is 16.4. The molecule has 8 rings (SSSR count). The molecular formula is C37H23N5O2. The molecule has 0 amide bonds. The van der Waals surface area contributed by atoms with E-state index >= 15 is 0 Å². The van der Waals surface area contributed by atoms with Crippen molar-refractivity contribution < 1.29 is 9.90 Å². The molecular weight excluding hydrogens is 546 g/mol. The average molecular weight is 570 g/mol. The van der Waals surface area contributed by atoms with E-state index in [2.05, 4.69) is 52.4 Å². The summed E-state index contributed by atoms with van der Waals surface area (Å²) in [6.07, 6.45) is 1.42. The van der Waals surface area contributed by atoms with Gasteiger partial charge in [0.25, 0.3) is 0 Å². The minimum Gasteiger partial charge on any atom is -0.477 e. The summed E-state index contributed by atoms with van der Waals surface area (Å²) >= 11 is 0. The molecule has 5 heterocycles. The van der Waals surface area contributed by atoms with Crippen LogP contribution in [-0.4, -0.2) is 31.0 Å². The van der Waals surface area contributed by atoms with E-state index < -0.39 is 5.97 Å². The van der Waals surface area contributed by atoms with Gasteiger partial charge in [-0.15, -0.1) is 0 Å². The second-order valence-corrected chi connectivity index (χ2v) is 10.9. The Kier molecular flexibility index (Phi) is 5.58. The van der Waals surface area contributed by atoms with Crippen molar-refractivity contribution in [3.05, 3.63) is 114 Å². The smallest absolute Gasteiger partial charge is 0.346 e. The van der Waals surface area contributed by atoms with Crippen LogP contribution in [0.5, 0.6) is 0 Å². The maximum absolute atomic E-state index is 11.8. The highest BCUT2D eigenvalue weighted by Crippen LogP contribution is 2.39. The number of hydrogen-bond donors (Lipinski definition) is 3. The number of hydrogen-bond acceptors (Lipinski definition) is 4. The van der Waals surface area contributed by atoms with Crippen molar-refractivity contribution in [3.8, 4) is 51.1 Å². The Bertz CT molecular complexity index is 2460. The zero-order chi connectivity index (χ0) is 29.9. The summed E-state index contributed by atoms with van der Waals surface area (Å²) in [5.74, 6) is -1.28. The van der Waals surface area contributed by atoms with Gasteiger partial charge in [-0.05, 0) is 42.8 Å². The first-order valence-electron chi connectivity index (χ1n) is 14.2. The second kappa shape index (κ2) is 9.65. The average Bonchev–Trinajstić information content (AvgIpc) is 3.75. The zero-order valence-electron chi connectivity index (χ0n) is 23.5. The van der Waals surface area contributed by atoms with Gasteiger partial charge in [0.1, 0.15) is 11.6 Å². The molecule has 3 N–H and O–H groups in total. The van der Waals surface area contributed by atoms with Gasteiger partial charge in [0.2, 0.25) is 0 Å². The van der Waals surface area contributed by atoms with Gasteiger partial charge in [-0.25, -0.2) is 14.8 Å². The second-order valence-electron chi connectivity index (χ2n) is 10.9. The fourth-order valence-corrected chi connectivity index (χ4v) is 6.19. The van der Waals surface area contributed by atoms with Crippen LogP contribution in [0.2, 0.25) is 0 Å². The minimum atomic E-state index is -1.28. The highest BCUT2D eigenvalue weighted by Gasteiger charge is 2.20. The van der Waals surface area contributed by atoms with Gasteiger partial charge >= 0.3 is 5.97 Å². The number of nitrogens with one attached hydrogen (secondary N) is 2. The Morgan fingerprint density at radius 1 is 0.682 bits per heavy atom. The number of aromatic nitrogens is 4. The number of aromatic amines is 2. The maximum atomic E-state index is 11.8. The molecule has 7 heteroatoms. The zero-order valence-corrected chi connectivity index (χ0v) is 23.5. The van der Waals surface area contributed by atoms with Crippen molar-refractivity contribution >= 4 is 44.9 Å². The summed E-state index contributed by atoms with van der Waals surface area (Å²) in [6.45, 7) is 1.91. The molecule has 8 bridgehead atoms. The van der Waals surface area contributed by atoms with Crippen molar-refractivity contribution in [3.63, 3.8) is 0 Å². The molecule has 0 radical (unpaired) electrons. The minimum absolute atomic E-state index is 0.350. The van der Waals surface area contributed by atoms with Crippen LogP contribution in [0.3, 0.4) is 0 Å². The molecule has 0 aliphatic carbocycles. The molecule has 0 spiro atoms. The number of nitriles is 1. The molecule has 2 aliphatic heterocycles. The third-order valence-corrected chi connectivity index (χ3v) is 8.35. The van der Waals surface area contributed by atoms with Gasteiger partial charge in [-0.2, -0.15) is 5.26 Å². The van der Waals surface area contributed by atoms with Gasteiger partial charge in [0.15, 0.2) is 0 Å². The number of carboxylic acid groups (broad SMARTS) is 1. The number of aryl methyl sites for hydroxylation is 1. The first-order chi connectivity index (χ1) is 21.5. The monoisotopic (exact) mass is 569 g/mol. The van der Waals surface area contributed by atoms with Crippen LogP contribution in [0, 0.1) is 18.3 Å². The summed E-state index contributed by atoms with van der Waals surface area (Å²) in [5, 5.41) is 21.4. The van der Waals surface area contributed by atoms with Crippen molar-refractivity contribution in [2.75, 3.05) is 0 Å². The molecule has 44 heavy (non-hydrogen) atoms. The fraction of sp³-hybridized carbons (Fsp3) is 0.0270. The number of aliphatic carboxylic acids is 1. The van der Waals surface area contributed by atoms with Gasteiger partial charge < -0.3 is 15.1 Å². The fourth-order valence-electron chi connectivity index (χ4n) is 6.19. The Balaban J connectivity index is 1.57. The van der Waals surface area contributed by atoms with Crippen molar-refractivity contribution in [2.45, 2.75) is 6.92 Å². The van der Waals surface area contributed by atoms with E-state index in [1.807, 2.05) is 67.6 Å². The molecule has 0 unspecified atom stereocenters. The van der Waals surface area contributed by atoms with E-state index in [0.29, 0.717) is 11.1 Å². The molecule has 0 fully saturated rings. The summed E-state index contributed by atoms with van der Waals surface area (Å²) in [6, 6.07) is 34.4. The third-order valence-electron chi connectivity index (χ3n) is 8.35. The molecule has 3 aromatic carbocycles. The van der Waals surface area contributed by atoms with Crippen molar-refractivity contribution in [2.24, 2.45) is 0 Å². The Labute approximate surface area is 251 Å². The van der Waals surface area contributed by atoms with E-state index in [1.165, 1.54) is 6.08 Å². The molecule has 208 valence electrons. The molecule has 2 aliphatic rings. The summed E-state index contributed by atoms with van der Waals surface area (Å²) in [4.78, 5) is 29.1. The van der Waals surface area contributed by atoms with Crippen LogP contribution in [-0.2, 0) is 4.79 Å². The van der Waals surface area contributed by atoms with E-state index in [4.69, 9.17) is 9.97 Å². The van der Waals surface area contributed by atoms with Gasteiger partial charge in [0.05, 0.1) is 22.8 Å². The van der Waals surface area contributed by atoms with Gasteiger partial charge in [-0.3, -0.25) is 0 Å². The summed E-state index contributed by atoms with van der Waals surface area (Å²) in [5.41, 5.74) is 11.5. The standard InChI is InChI=1S/C37H23N5O2/c1-20-28(14-21(19-38)37(43)44)36-18-35-27-13-7-6-12-26(27)34(42-35)17-33-25-11-5-4-10-24(25)32(41-33)16-31-23-9-3-2-8-22(23)30(40-31)15-29(20)39-36/h2-18,39,41H,1H3,(H,43,44)/b21-14+,29-15?,30-15?,31-16?,32-16?,33-17?,34-17?,35-18?,36-18?. The lowest BCUT2D eigenvalue weighted by Crippen LogP contribution is -1.97. The normalized spacial score (nSPS) is 12.0. The van der Waals surface area contributed by atoms with Gasteiger partial charge in [0, 0.05) is 60.7 Å². The van der Waals surface area contributed by atoms with E-state index in [1.54, 1.807) is 0 Å². The number of nitrogens with zero attached hydrogens (tertiary/aromatic N) is 3. The number of rotatable bonds is 2. The molecule has 0 saturated carbocycles. The molecule has 6 aromatic rings. The molecule has 0 atom stereocenters. The lowest BCUT2D eigenvalue weighted by molar-refractivity contribution is -0.132. The Morgan fingerprint density at radius 3 is 1.55 bits per heavy atom. The van der Waals surface area contributed by atoms with Crippen LogP contribution in [0.25, 0.3) is 83.9 Å². The van der Waals surface area contributed by atoms with E-state index in [0.717, 1.165) is 77.9 Å². The molecule has 3 aromatic heterocycles. The largest absolute Gasteiger partial charge is 0.477 e. The topological polar surface area (TPSA) is 118 Å². The predicted octanol–water partition coefficient (Wildman–Crippen LogP) is 8.44. The lowest BCUT2D eigenvalue weighted by atomic mass is 10.0. The van der Waals surface area contributed by atoms with Crippen LogP contribution >= 0.6 is 0 Å².